The van der Waals surface area contributed by atoms with Crippen molar-refractivity contribution in [2.45, 2.75) is 45.1 Å². The van der Waals surface area contributed by atoms with Crippen molar-refractivity contribution in [1.29, 1.82) is 0 Å². The van der Waals surface area contributed by atoms with Crippen molar-refractivity contribution in [3.8, 4) is 0 Å². The quantitative estimate of drug-likeness (QED) is 0.780. The number of hydrogen-bond acceptors (Lipinski definition) is 1. The van der Waals surface area contributed by atoms with Crippen LogP contribution < -0.4 is 5.73 Å². The van der Waals surface area contributed by atoms with Gasteiger partial charge in [-0.3, -0.25) is 0 Å². The Morgan fingerprint density at radius 1 is 1.33 bits per heavy atom. The maximum Gasteiger partial charge on any atom is 0.124 e. The lowest BCUT2D eigenvalue weighted by Gasteiger charge is -2.32. The van der Waals surface area contributed by atoms with Gasteiger partial charge in [0.05, 0.1) is 0 Å². The summed E-state index contributed by atoms with van der Waals surface area (Å²) >= 11 is 2.19. The SMILES string of the molecule is CCC1CCC(C(N)c2ccc(F)cc2I)CC1. The predicted molar refractivity (Wildman–Crippen MR) is 81.8 cm³/mol. The van der Waals surface area contributed by atoms with Crippen LogP contribution in [0, 0.1) is 21.2 Å². The summed E-state index contributed by atoms with van der Waals surface area (Å²) in [6.45, 7) is 2.27. The van der Waals surface area contributed by atoms with E-state index in [2.05, 4.69) is 29.5 Å². The molecule has 3 heteroatoms. The third-order valence-corrected chi connectivity index (χ3v) is 5.23. The van der Waals surface area contributed by atoms with Crippen molar-refractivity contribution < 1.29 is 4.39 Å². The molecule has 0 spiro atoms. The lowest BCUT2D eigenvalue weighted by Crippen LogP contribution is -2.26. The molecule has 1 saturated carbocycles. The van der Waals surface area contributed by atoms with E-state index in [1.54, 1.807) is 6.07 Å². The molecular weight excluding hydrogens is 340 g/mol. The summed E-state index contributed by atoms with van der Waals surface area (Å²) in [6, 6.07) is 5.02. The molecule has 18 heavy (non-hydrogen) atoms. The molecule has 100 valence electrons. The van der Waals surface area contributed by atoms with Crippen LogP contribution >= 0.6 is 22.6 Å². The molecule has 2 rings (SSSR count). The summed E-state index contributed by atoms with van der Waals surface area (Å²) in [4.78, 5) is 0. The smallest absolute Gasteiger partial charge is 0.124 e. The number of nitrogens with two attached hydrogens (primary N) is 1. The van der Waals surface area contributed by atoms with E-state index in [-0.39, 0.29) is 11.9 Å². The Kier molecular flexibility index (Phi) is 5.01. The molecule has 1 aliphatic rings. The Balaban J connectivity index is 2.05. The normalized spacial score (nSPS) is 26.0. The molecule has 1 atom stereocenters. The van der Waals surface area contributed by atoms with Gasteiger partial charge in [-0.05, 0) is 65.0 Å². The molecule has 1 aliphatic carbocycles. The van der Waals surface area contributed by atoms with Crippen LogP contribution in [0.1, 0.15) is 50.6 Å². The van der Waals surface area contributed by atoms with E-state index in [1.807, 2.05) is 6.07 Å². The molecule has 1 aromatic carbocycles. The first kappa shape index (κ1) is 14.3. The summed E-state index contributed by atoms with van der Waals surface area (Å²) < 4.78 is 14.1. The minimum atomic E-state index is -0.176. The largest absolute Gasteiger partial charge is 0.324 e. The third kappa shape index (κ3) is 3.23. The molecule has 0 aliphatic heterocycles. The average molecular weight is 361 g/mol. The van der Waals surface area contributed by atoms with Crippen molar-refractivity contribution in [1.82, 2.24) is 0 Å². The van der Waals surface area contributed by atoms with Gasteiger partial charge in [-0.25, -0.2) is 4.39 Å². The van der Waals surface area contributed by atoms with Crippen molar-refractivity contribution in [3.05, 3.63) is 33.1 Å². The van der Waals surface area contributed by atoms with Gasteiger partial charge in [0, 0.05) is 9.61 Å². The molecule has 1 fully saturated rings. The second-order valence-electron chi connectivity index (χ2n) is 5.38. The van der Waals surface area contributed by atoms with Crippen LogP contribution in [-0.4, -0.2) is 0 Å². The van der Waals surface area contributed by atoms with E-state index < -0.39 is 0 Å². The maximum absolute atomic E-state index is 13.1. The third-order valence-electron chi connectivity index (χ3n) is 4.30. The topological polar surface area (TPSA) is 26.0 Å². The number of halogens is 2. The summed E-state index contributed by atoms with van der Waals surface area (Å²) in [6.07, 6.45) is 6.32. The number of hydrogen-bond donors (Lipinski definition) is 1. The predicted octanol–water partition coefficient (Wildman–Crippen LogP) is 4.65. The minimum Gasteiger partial charge on any atom is -0.324 e. The fourth-order valence-corrected chi connectivity index (χ4v) is 3.82. The molecule has 1 aromatic rings. The summed E-state index contributed by atoms with van der Waals surface area (Å²) in [5, 5.41) is 0. The molecule has 0 amide bonds. The van der Waals surface area contributed by atoms with Gasteiger partial charge in [0.25, 0.3) is 0 Å². The van der Waals surface area contributed by atoms with Gasteiger partial charge in [-0.2, -0.15) is 0 Å². The monoisotopic (exact) mass is 361 g/mol. The molecular formula is C15H21FIN. The minimum absolute atomic E-state index is 0.0651. The molecule has 1 nitrogen and oxygen atoms in total. The molecule has 0 bridgehead atoms. The molecule has 0 heterocycles. The molecule has 0 radical (unpaired) electrons. The van der Waals surface area contributed by atoms with Gasteiger partial charge in [-0.1, -0.05) is 32.3 Å². The van der Waals surface area contributed by atoms with Crippen molar-refractivity contribution >= 4 is 22.6 Å². The van der Waals surface area contributed by atoms with Crippen LogP contribution in [0.4, 0.5) is 4.39 Å². The lowest BCUT2D eigenvalue weighted by atomic mass is 9.76. The van der Waals surface area contributed by atoms with Gasteiger partial charge in [-0.15, -0.1) is 0 Å². The summed E-state index contributed by atoms with van der Waals surface area (Å²) in [5.74, 6) is 1.28. The first-order chi connectivity index (χ1) is 8.61. The molecule has 0 aromatic heterocycles. The van der Waals surface area contributed by atoms with E-state index in [9.17, 15) is 4.39 Å². The fourth-order valence-electron chi connectivity index (χ4n) is 2.98. The standard InChI is InChI=1S/C15H21FIN/c1-2-10-3-5-11(6-4-10)15(18)13-8-7-12(16)9-14(13)17/h7-11,15H,2-6,18H2,1H3. The fraction of sp³-hybridized carbons (Fsp3) is 0.600. The molecule has 2 N–H and O–H groups in total. The Hall–Kier alpha value is -0.160. The van der Waals surface area contributed by atoms with E-state index in [0.29, 0.717) is 5.92 Å². The second kappa shape index (κ2) is 6.33. The van der Waals surface area contributed by atoms with Crippen LogP contribution in [-0.2, 0) is 0 Å². The highest BCUT2D eigenvalue weighted by atomic mass is 127. The Bertz CT molecular complexity index is 399. The number of benzene rings is 1. The van der Waals surface area contributed by atoms with Gasteiger partial charge in [0.2, 0.25) is 0 Å². The van der Waals surface area contributed by atoms with Crippen LogP contribution in [0.2, 0.25) is 0 Å². The zero-order valence-corrected chi connectivity index (χ0v) is 13.0. The first-order valence-electron chi connectivity index (χ1n) is 6.82. The van der Waals surface area contributed by atoms with Crippen LogP contribution in [0.25, 0.3) is 0 Å². The highest BCUT2D eigenvalue weighted by Crippen LogP contribution is 2.37. The van der Waals surface area contributed by atoms with E-state index in [4.69, 9.17) is 5.73 Å². The maximum atomic E-state index is 13.1. The van der Waals surface area contributed by atoms with Gasteiger partial charge in [0.15, 0.2) is 0 Å². The average Bonchev–Trinajstić information content (AvgIpc) is 2.38. The van der Waals surface area contributed by atoms with E-state index >= 15 is 0 Å². The second-order valence-corrected chi connectivity index (χ2v) is 6.54. The van der Waals surface area contributed by atoms with E-state index in [1.165, 1.54) is 38.2 Å². The van der Waals surface area contributed by atoms with Crippen LogP contribution in [0.15, 0.2) is 18.2 Å². The van der Waals surface area contributed by atoms with Crippen LogP contribution in [0.3, 0.4) is 0 Å². The van der Waals surface area contributed by atoms with Crippen molar-refractivity contribution in [2.75, 3.05) is 0 Å². The Morgan fingerprint density at radius 3 is 2.56 bits per heavy atom. The molecule has 0 saturated heterocycles. The molecule has 1 unspecified atom stereocenters. The highest BCUT2D eigenvalue weighted by Gasteiger charge is 2.26. The van der Waals surface area contributed by atoms with Gasteiger partial charge in [0.1, 0.15) is 5.82 Å². The Labute approximate surface area is 122 Å². The Morgan fingerprint density at radius 2 is 2.00 bits per heavy atom. The zero-order chi connectivity index (χ0) is 13.1. The van der Waals surface area contributed by atoms with E-state index in [0.717, 1.165) is 15.1 Å². The highest BCUT2D eigenvalue weighted by molar-refractivity contribution is 14.1. The summed E-state index contributed by atoms with van der Waals surface area (Å²) in [5.41, 5.74) is 7.49. The first-order valence-corrected chi connectivity index (χ1v) is 7.90. The van der Waals surface area contributed by atoms with Gasteiger partial charge >= 0.3 is 0 Å². The van der Waals surface area contributed by atoms with Crippen molar-refractivity contribution in [2.24, 2.45) is 17.6 Å². The number of rotatable bonds is 3. The van der Waals surface area contributed by atoms with Gasteiger partial charge < -0.3 is 5.73 Å². The zero-order valence-electron chi connectivity index (χ0n) is 10.8. The summed E-state index contributed by atoms with van der Waals surface area (Å²) in [7, 11) is 0. The lowest BCUT2D eigenvalue weighted by molar-refractivity contribution is 0.239. The van der Waals surface area contributed by atoms with Crippen LogP contribution in [0.5, 0.6) is 0 Å². The van der Waals surface area contributed by atoms with Crippen molar-refractivity contribution in [3.63, 3.8) is 0 Å².